The number of hydrogen-bond donors (Lipinski definition) is 1. The first kappa shape index (κ1) is 19.4. The van der Waals surface area contributed by atoms with Crippen molar-refractivity contribution in [2.24, 2.45) is 0 Å². The van der Waals surface area contributed by atoms with Gasteiger partial charge in [-0.3, -0.25) is 14.8 Å². The summed E-state index contributed by atoms with van der Waals surface area (Å²) in [7, 11) is 0. The average molecular weight is 404 g/mol. The molecule has 1 aromatic carbocycles. The Bertz CT molecular complexity index is 879. The van der Waals surface area contributed by atoms with Crippen LogP contribution in [0.15, 0.2) is 40.9 Å². The summed E-state index contributed by atoms with van der Waals surface area (Å²) in [5.41, 5.74) is 1.69. The molecule has 0 aliphatic heterocycles. The van der Waals surface area contributed by atoms with Crippen molar-refractivity contribution in [2.75, 3.05) is 17.7 Å². The quantitative estimate of drug-likeness (QED) is 0.433. The van der Waals surface area contributed by atoms with Gasteiger partial charge in [0.2, 0.25) is 11.0 Å². The summed E-state index contributed by atoms with van der Waals surface area (Å²) in [4.78, 5) is 12.5. The van der Waals surface area contributed by atoms with Crippen molar-refractivity contribution in [1.82, 2.24) is 20.0 Å². The Morgan fingerprint density at radius 3 is 2.81 bits per heavy atom. The minimum absolute atomic E-state index is 0.296. The number of amides is 1. The first-order chi connectivity index (χ1) is 13.2. The van der Waals surface area contributed by atoms with Gasteiger partial charge in [0.05, 0.1) is 6.61 Å². The van der Waals surface area contributed by atoms with Gasteiger partial charge < -0.3 is 4.74 Å². The summed E-state index contributed by atoms with van der Waals surface area (Å²) in [5, 5.41) is 15.7. The number of aromatic nitrogens is 4. The van der Waals surface area contributed by atoms with Crippen LogP contribution in [0.4, 0.5) is 5.13 Å². The van der Waals surface area contributed by atoms with Gasteiger partial charge in [0.25, 0.3) is 5.91 Å². The van der Waals surface area contributed by atoms with Crippen LogP contribution in [0.25, 0.3) is 0 Å². The second-order valence-corrected chi connectivity index (χ2v) is 7.87. The van der Waals surface area contributed by atoms with Crippen LogP contribution in [-0.4, -0.2) is 38.2 Å². The summed E-state index contributed by atoms with van der Waals surface area (Å²) >= 11 is 2.99. The Kier molecular flexibility index (Phi) is 6.83. The predicted molar refractivity (Wildman–Crippen MR) is 108 cm³/mol. The minimum Gasteiger partial charge on any atom is -0.476 e. The van der Waals surface area contributed by atoms with Crippen molar-refractivity contribution in [3.8, 4) is 5.88 Å². The van der Waals surface area contributed by atoms with E-state index in [0.717, 1.165) is 16.5 Å². The molecule has 3 rings (SSSR count). The lowest BCUT2D eigenvalue weighted by Crippen LogP contribution is -2.12. The van der Waals surface area contributed by atoms with Crippen LogP contribution in [0, 0.1) is 0 Å². The summed E-state index contributed by atoms with van der Waals surface area (Å²) in [6, 6.07) is 10.3. The molecule has 0 saturated heterocycles. The lowest BCUT2D eigenvalue weighted by molar-refractivity contribution is 0.102. The van der Waals surface area contributed by atoms with Gasteiger partial charge >= 0.3 is 0 Å². The third-order valence-electron chi connectivity index (χ3n) is 3.66. The van der Waals surface area contributed by atoms with Crippen LogP contribution in [0.5, 0.6) is 5.88 Å². The minimum atomic E-state index is -0.296. The Balaban J connectivity index is 1.57. The first-order valence-electron chi connectivity index (χ1n) is 8.71. The summed E-state index contributed by atoms with van der Waals surface area (Å²) in [6.45, 7) is 4.92. The second kappa shape index (κ2) is 9.52. The zero-order valence-electron chi connectivity index (χ0n) is 15.2. The number of nitrogens with one attached hydrogen (secondary N) is 1. The molecule has 0 unspecified atom stereocenters. The zero-order chi connectivity index (χ0) is 19.1. The predicted octanol–water partition coefficient (Wildman–Crippen LogP) is 3.74. The van der Waals surface area contributed by atoms with Gasteiger partial charge in [-0.25, -0.2) is 0 Å². The fourth-order valence-electron chi connectivity index (χ4n) is 2.35. The van der Waals surface area contributed by atoms with Gasteiger partial charge in [-0.2, -0.15) is 0 Å². The SMILES string of the molecule is CCOc1nn(CC)cc1C(=O)Nc1nnc(SCCc2ccccc2)s1. The first-order valence-corrected chi connectivity index (χ1v) is 10.5. The van der Waals surface area contributed by atoms with Crippen LogP contribution in [0.2, 0.25) is 0 Å². The fraction of sp³-hybridized carbons (Fsp3) is 0.333. The molecule has 142 valence electrons. The number of ether oxygens (including phenoxy) is 1. The molecule has 0 spiro atoms. The molecule has 0 aliphatic rings. The van der Waals surface area contributed by atoms with E-state index in [1.165, 1.54) is 16.9 Å². The highest BCUT2D eigenvalue weighted by atomic mass is 32.2. The lowest BCUT2D eigenvalue weighted by Gasteiger charge is -2.02. The summed E-state index contributed by atoms with van der Waals surface area (Å²) < 4.78 is 7.95. The molecule has 0 radical (unpaired) electrons. The van der Waals surface area contributed by atoms with E-state index in [2.05, 4.69) is 32.7 Å². The maximum absolute atomic E-state index is 12.5. The van der Waals surface area contributed by atoms with Crippen molar-refractivity contribution >= 4 is 34.1 Å². The molecule has 0 aliphatic carbocycles. The van der Waals surface area contributed by atoms with Gasteiger partial charge in [-0.1, -0.05) is 53.4 Å². The Morgan fingerprint density at radius 1 is 1.26 bits per heavy atom. The third-order valence-corrected chi connectivity index (χ3v) is 5.64. The number of carbonyl (C=O) groups is 1. The van der Waals surface area contributed by atoms with E-state index < -0.39 is 0 Å². The number of nitrogens with zero attached hydrogens (tertiary/aromatic N) is 4. The molecule has 3 aromatic rings. The molecule has 27 heavy (non-hydrogen) atoms. The van der Waals surface area contributed by atoms with Crippen molar-refractivity contribution in [3.63, 3.8) is 0 Å². The Labute approximate surface area is 166 Å². The molecule has 0 bridgehead atoms. The number of hydrogen-bond acceptors (Lipinski definition) is 7. The van der Waals surface area contributed by atoms with Crippen LogP contribution in [0.1, 0.15) is 29.8 Å². The number of rotatable bonds is 9. The van der Waals surface area contributed by atoms with Crippen molar-refractivity contribution in [2.45, 2.75) is 31.2 Å². The largest absolute Gasteiger partial charge is 0.476 e. The number of carbonyl (C=O) groups excluding carboxylic acids is 1. The monoisotopic (exact) mass is 403 g/mol. The van der Waals surface area contributed by atoms with Crippen LogP contribution in [0.3, 0.4) is 0 Å². The van der Waals surface area contributed by atoms with E-state index in [1.807, 2.05) is 32.0 Å². The molecule has 0 atom stereocenters. The molecule has 0 saturated carbocycles. The lowest BCUT2D eigenvalue weighted by atomic mass is 10.2. The van der Waals surface area contributed by atoms with Crippen LogP contribution < -0.4 is 10.1 Å². The highest BCUT2D eigenvalue weighted by Gasteiger charge is 2.19. The van der Waals surface area contributed by atoms with Crippen molar-refractivity contribution in [1.29, 1.82) is 0 Å². The molecule has 0 fully saturated rings. The van der Waals surface area contributed by atoms with Gasteiger partial charge in [0, 0.05) is 18.5 Å². The summed E-state index contributed by atoms with van der Waals surface area (Å²) in [5.74, 6) is 0.943. The Hall–Kier alpha value is -2.39. The van der Waals surface area contributed by atoms with E-state index in [1.54, 1.807) is 22.6 Å². The van der Waals surface area contributed by atoms with E-state index >= 15 is 0 Å². The zero-order valence-corrected chi connectivity index (χ0v) is 16.8. The van der Waals surface area contributed by atoms with Gasteiger partial charge in [-0.15, -0.1) is 15.3 Å². The van der Waals surface area contributed by atoms with E-state index in [4.69, 9.17) is 4.74 Å². The molecule has 2 heterocycles. The molecular weight excluding hydrogens is 382 g/mol. The smallest absolute Gasteiger partial charge is 0.264 e. The second-order valence-electron chi connectivity index (χ2n) is 5.55. The van der Waals surface area contributed by atoms with Crippen molar-refractivity contribution in [3.05, 3.63) is 47.7 Å². The van der Waals surface area contributed by atoms with E-state index in [-0.39, 0.29) is 5.91 Å². The number of anilines is 1. The molecular formula is C18H21N5O2S2. The molecule has 1 amide bonds. The van der Waals surface area contributed by atoms with Crippen LogP contribution >= 0.6 is 23.1 Å². The molecule has 9 heteroatoms. The molecule has 7 nitrogen and oxygen atoms in total. The number of thioether (sulfide) groups is 1. The normalized spacial score (nSPS) is 10.7. The van der Waals surface area contributed by atoms with Crippen molar-refractivity contribution < 1.29 is 9.53 Å². The number of aryl methyl sites for hydroxylation is 2. The maximum atomic E-state index is 12.5. The van der Waals surface area contributed by atoms with E-state index in [0.29, 0.717) is 29.7 Å². The molecule has 2 aromatic heterocycles. The fourth-order valence-corrected chi connectivity index (χ4v) is 4.15. The standard InChI is InChI=1S/C18H21N5O2S2/c1-3-23-12-14(16(22-23)25-4-2)15(24)19-17-20-21-18(27-17)26-11-10-13-8-6-5-7-9-13/h5-9,12H,3-4,10-11H2,1-2H3,(H,19,20,24). The van der Waals surface area contributed by atoms with E-state index in [9.17, 15) is 4.79 Å². The number of benzene rings is 1. The Morgan fingerprint density at radius 2 is 2.07 bits per heavy atom. The highest BCUT2D eigenvalue weighted by molar-refractivity contribution is 8.01. The van der Waals surface area contributed by atoms with Crippen LogP contribution in [-0.2, 0) is 13.0 Å². The third kappa shape index (κ3) is 5.30. The van der Waals surface area contributed by atoms with Gasteiger partial charge in [-0.05, 0) is 25.8 Å². The molecule has 1 N–H and O–H groups in total. The summed E-state index contributed by atoms with van der Waals surface area (Å²) in [6.07, 6.45) is 2.64. The van der Waals surface area contributed by atoms with Gasteiger partial charge in [0.15, 0.2) is 4.34 Å². The maximum Gasteiger partial charge on any atom is 0.264 e. The van der Waals surface area contributed by atoms with Gasteiger partial charge in [0.1, 0.15) is 5.56 Å². The highest BCUT2D eigenvalue weighted by Crippen LogP contribution is 2.27. The topological polar surface area (TPSA) is 81.9 Å². The average Bonchev–Trinajstić information content (AvgIpc) is 3.30.